The van der Waals surface area contributed by atoms with Gasteiger partial charge in [-0.25, -0.2) is 4.39 Å². The number of hydrogen-bond donors (Lipinski definition) is 0. The molecule has 2 aliphatic rings. The Balaban J connectivity index is 1.93. The van der Waals surface area contributed by atoms with Crippen molar-refractivity contribution < 1.29 is 14.0 Å². The third kappa shape index (κ3) is 3.04. The first-order chi connectivity index (χ1) is 11.5. The zero-order valence-electron chi connectivity index (χ0n) is 14.4. The molecule has 0 bridgehead atoms. The largest absolute Gasteiger partial charge is 0.340 e. The summed E-state index contributed by atoms with van der Waals surface area (Å²) in [5.74, 6) is -0.688. The molecule has 1 aromatic carbocycles. The second-order valence-corrected chi connectivity index (χ2v) is 6.99. The molecule has 2 amide bonds. The molecule has 3 atom stereocenters. The number of amides is 2. The Morgan fingerprint density at radius 1 is 1.21 bits per heavy atom. The van der Waals surface area contributed by atoms with Gasteiger partial charge in [0.2, 0.25) is 11.8 Å². The van der Waals surface area contributed by atoms with Gasteiger partial charge >= 0.3 is 0 Å². The van der Waals surface area contributed by atoms with E-state index in [1.54, 1.807) is 30.1 Å². The number of benzene rings is 1. The van der Waals surface area contributed by atoms with Crippen LogP contribution in [0.15, 0.2) is 24.3 Å². The van der Waals surface area contributed by atoms with E-state index in [0.29, 0.717) is 18.4 Å². The first-order valence-corrected chi connectivity index (χ1v) is 8.81. The summed E-state index contributed by atoms with van der Waals surface area (Å²) in [4.78, 5) is 28.8. The van der Waals surface area contributed by atoms with Crippen molar-refractivity contribution in [2.24, 2.45) is 5.92 Å². The monoisotopic (exact) mass is 332 g/mol. The number of carbonyl (C=O) groups is 2. The SMILES string of the molecule is C[C@@H]1CCCCN1C(=O)[C@@H]1CCC(=O)N(C)[C@@H]1c1ccccc1F. The number of rotatable bonds is 2. The summed E-state index contributed by atoms with van der Waals surface area (Å²) in [5, 5.41) is 0. The Labute approximate surface area is 142 Å². The first-order valence-electron chi connectivity index (χ1n) is 8.81. The molecule has 1 aromatic rings. The summed E-state index contributed by atoms with van der Waals surface area (Å²) in [6.07, 6.45) is 4.01. The van der Waals surface area contributed by atoms with E-state index in [0.717, 1.165) is 25.8 Å². The Morgan fingerprint density at radius 2 is 1.96 bits per heavy atom. The molecule has 0 radical (unpaired) electrons. The van der Waals surface area contributed by atoms with Crippen molar-refractivity contribution in [3.63, 3.8) is 0 Å². The van der Waals surface area contributed by atoms with Crippen LogP contribution in [-0.2, 0) is 9.59 Å². The van der Waals surface area contributed by atoms with E-state index in [1.807, 2.05) is 4.90 Å². The zero-order chi connectivity index (χ0) is 17.3. The quantitative estimate of drug-likeness (QED) is 0.835. The summed E-state index contributed by atoms with van der Waals surface area (Å²) in [6, 6.07) is 6.18. The summed E-state index contributed by atoms with van der Waals surface area (Å²) < 4.78 is 14.4. The van der Waals surface area contributed by atoms with E-state index >= 15 is 0 Å². The van der Waals surface area contributed by atoms with E-state index in [1.165, 1.54) is 6.07 Å². The molecule has 3 rings (SSSR count). The molecule has 0 spiro atoms. The van der Waals surface area contributed by atoms with Crippen LogP contribution in [0.3, 0.4) is 0 Å². The van der Waals surface area contributed by atoms with Crippen LogP contribution < -0.4 is 0 Å². The third-order valence-corrected chi connectivity index (χ3v) is 5.49. The van der Waals surface area contributed by atoms with Crippen molar-refractivity contribution in [2.45, 2.75) is 51.1 Å². The summed E-state index contributed by atoms with van der Waals surface area (Å²) in [5.41, 5.74) is 0.441. The second-order valence-electron chi connectivity index (χ2n) is 6.99. The minimum atomic E-state index is -0.519. The highest BCUT2D eigenvalue weighted by Gasteiger charge is 2.42. The lowest BCUT2D eigenvalue weighted by molar-refractivity contribution is -0.148. The van der Waals surface area contributed by atoms with Crippen molar-refractivity contribution in [2.75, 3.05) is 13.6 Å². The van der Waals surface area contributed by atoms with E-state index < -0.39 is 6.04 Å². The van der Waals surface area contributed by atoms with Crippen LogP contribution in [0, 0.1) is 11.7 Å². The van der Waals surface area contributed by atoms with Crippen LogP contribution in [-0.4, -0.2) is 41.2 Å². The molecule has 2 fully saturated rings. The normalized spacial score (nSPS) is 28.1. The molecular formula is C19H25FN2O2. The Kier molecular flexibility index (Phi) is 4.88. The van der Waals surface area contributed by atoms with Gasteiger partial charge in [0.25, 0.3) is 0 Å². The van der Waals surface area contributed by atoms with Crippen LogP contribution in [0.25, 0.3) is 0 Å². The number of likely N-dealkylation sites (tertiary alicyclic amines) is 2. The fourth-order valence-electron chi connectivity index (χ4n) is 4.08. The lowest BCUT2D eigenvalue weighted by atomic mass is 9.82. The summed E-state index contributed by atoms with van der Waals surface area (Å²) >= 11 is 0. The number of carbonyl (C=O) groups excluding carboxylic acids is 2. The van der Waals surface area contributed by atoms with Crippen molar-refractivity contribution in [3.8, 4) is 0 Å². The molecule has 0 unspecified atom stereocenters. The zero-order valence-corrected chi connectivity index (χ0v) is 14.4. The van der Waals surface area contributed by atoms with Gasteiger partial charge in [0.1, 0.15) is 5.82 Å². The third-order valence-electron chi connectivity index (χ3n) is 5.49. The van der Waals surface area contributed by atoms with Crippen molar-refractivity contribution in [3.05, 3.63) is 35.6 Å². The molecule has 0 aromatic heterocycles. The van der Waals surface area contributed by atoms with E-state index in [4.69, 9.17) is 0 Å². The highest BCUT2D eigenvalue weighted by Crippen LogP contribution is 2.38. The molecule has 2 aliphatic heterocycles. The maximum absolute atomic E-state index is 14.4. The second kappa shape index (κ2) is 6.91. The van der Waals surface area contributed by atoms with Gasteiger partial charge in [-0.05, 0) is 38.7 Å². The summed E-state index contributed by atoms with van der Waals surface area (Å²) in [6.45, 7) is 2.84. The van der Waals surface area contributed by atoms with Crippen molar-refractivity contribution in [1.82, 2.24) is 9.80 Å². The number of halogens is 1. The smallest absolute Gasteiger partial charge is 0.228 e. The van der Waals surface area contributed by atoms with E-state index in [9.17, 15) is 14.0 Å². The molecule has 0 aliphatic carbocycles. The minimum Gasteiger partial charge on any atom is -0.340 e. The molecule has 0 N–H and O–H groups in total. The molecule has 5 heteroatoms. The predicted octanol–water partition coefficient (Wildman–Crippen LogP) is 3.14. The van der Waals surface area contributed by atoms with Crippen molar-refractivity contribution >= 4 is 11.8 Å². The molecule has 2 saturated heterocycles. The summed E-state index contributed by atoms with van der Waals surface area (Å²) in [7, 11) is 1.68. The van der Waals surface area contributed by atoms with E-state index in [-0.39, 0.29) is 29.6 Å². The van der Waals surface area contributed by atoms with Crippen LogP contribution in [0.2, 0.25) is 0 Å². The maximum atomic E-state index is 14.4. The van der Waals surface area contributed by atoms with Crippen LogP contribution in [0.5, 0.6) is 0 Å². The van der Waals surface area contributed by atoms with Crippen LogP contribution >= 0.6 is 0 Å². The number of nitrogens with zero attached hydrogens (tertiary/aromatic N) is 2. The van der Waals surface area contributed by atoms with E-state index in [2.05, 4.69) is 6.92 Å². The fourth-order valence-corrected chi connectivity index (χ4v) is 4.08. The average molecular weight is 332 g/mol. The van der Waals surface area contributed by atoms with Crippen LogP contribution in [0.1, 0.15) is 50.6 Å². The molecule has 24 heavy (non-hydrogen) atoms. The standard InChI is InChI=1S/C19H25FN2O2/c1-13-7-5-6-12-22(13)19(24)15-10-11-17(23)21(2)18(15)14-8-3-4-9-16(14)20/h3-4,8-9,13,15,18H,5-7,10-12H2,1-2H3/t13-,15-,18-/m1/s1. The average Bonchev–Trinajstić information content (AvgIpc) is 2.58. The maximum Gasteiger partial charge on any atom is 0.228 e. The Morgan fingerprint density at radius 3 is 2.67 bits per heavy atom. The van der Waals surface area contributed by atoms with Crippen LogP contribution in [0.4, 0.5) is 4.39 Å². The van der Waals surface area contributed by atoms with Gasteiger partial charge in [0.15, 0.2) is 0 Å². The van der Waals surface area contributed by atoms with Gasteiger partial charge < -0.3 is 9.80 Å². The van der Waals surface area contributed by atoms with Gasteiger partial charge in [-0.15, -0.1) is 0 Å². The highest BCUT2D eigenvalue weighted by atomic mass is 19.1. The van der Waals surface area contributed by atoms with Gasteiger partial charge in [-0.1, -0.05) is 18.2 Å². The van der Waals surface area contributed by atoms with Gasteiger partial charge in [-0.3, -0.25) is 9.59 Å². The Hall–Kier alpha value is -1.91. The molecule has 4 nitrogen and oxygen atoms in total. The minimum absolute atomic E-state index is 0.0287. The lowest BCUT2D eigenvalue weighted by Crippen LogP contribution is -2.51. The lowest BCUT2D eigenvalue weighted by Gasteiger charge is -2.43. The molecule has 0 saturated carbocycles. The highest BCUT2D eigenvalue weighted by molar-refractivity contribution is 5.85. The number of piperidine rings is 2. The molecule has 2 heterocycles. The van der Waals surface area contributed by atoms with Gasteiger partial charge in [-0.2, -0.15) is 0 Å². The first kappa shape index (κ1) is 16.9. The Bertz CT molecular complexity index is 634. The predicted molar refractivity (Wildman–Crippen MR) is 89.7 cm³/mol. The van der Waals surface area contributed by atoms with Gasteiger partial charge in [0.05, 0.1) is 12.0 Å². The number of hydrogen-bond acceptors (Lipinski definition) is 2. The van der Waals surface area contributed by atoms with Crippen molar-refractivity contribution in [1.29, 1.82) is 0 Å². The molecule has 130 valence electrons. The molecular weight excluding hydrogens is 307 g/mol. The fraction of sp³-hybridized carbons (Fsp3) is 0.579. The van der Waals surface area contributed by atoms with Gasteiger partial charge in [0, 0.05) is 31.6 Å². The topological polar surface area (TPSA) is 40.6 Å².